The Bertz CT molecular complexity index is 1390. The molecule has 1 aromatic carbocycles. The maximum Gasteiger partial charge on any atom is 0.449 e. The number of rotatable bonds is 7. The maximum absolute atomic E-state index is 13.5. The molecule has 0 bridgehead atoms. The quantitative estimate of drug-likeness (QED) is 0.372. The highest BCUT2D eigenvalue weighted by molar-refractivity contribution is 5.89. The molecule has 0 aliphatic rings. The van der Waals surface area contributed by atoms with Gasteiger partial charge in [-0.2, -0.15) is 36.4 Å². The molecule has 0 unspecified atom stereocenters. The van der Waals surface area contributed by atoms with Gasteiger partial charge in [0.05, 0.1) is 17.6 Å². The summed E-state index contributed by atoms with van der Waals surface area (Å²) >= 11 is 0. The van der Waals surface area contributed by atoms with Crippen molar-refractivity contribution < 1.29 is 35.7 Å². The first-order valence-electron chi connectivity index (χ1n) is 10.6. The molecular formula is C21H19F6N7O2. The molecule has 3 heterocycles. The van der Waals surface area contributed by atoms with Crippen LogP contribution in [0.25, 0.3) is 11.0 Å². The molecule has 36 heavy (non-hydrogen) atoms. The second-order valence-electron chi connectivity index (χ2n) is 8.19. The second kappa shape index (κ2) is 9.28. The van der Waals surface area contributed by atoms with E-state index in [9.17, 15) is 31.1 Å². The highest BCUT2D eigenvalue weighted by atomic mass is 19.4. The highest BCUT2D eigenvalue weighted by Gasteiger charge is 2.38. The third-order valence-electron chi connectivity index (χ3n) is 5.24. The molecule has 0 fully saturated rings. The van der Waals surface area contributed by atoms with E-state index >= 15 is 0 Å². The first kappa shape index (κ1) is 25.2. The SMILES string of the molecule is Cc1cc(C(F)(F)F)nn1C[C@H](C)CNC(=O)c1nc(Cn2c(C(F)(F)F)nc3ccccc32)no1. The monoisotopic (exact) mass is 515 g/mol. The van der Waals surface area contributed by atoms with Crippen molar-refractivity contribution in [2.24, 2.45) is 5.92 Å². The van der Waals surface area contributed by atoms with Crippen LogP contribution in [0.3, 0.4) is 0 Å². The van der Waals surface area contributed by atoms with Crippen molar-refractivity contribution in [3.63, 3.8) is 0 Å². The second-order valence-corrected chi connectivity index (χ2v) is 8.19. The lowest BCUT2D eigenvalue weighted by molar-refractivity contribution is -0.146. The number of halogens is 6. The third kappa shape index (κ3) is 5.33. The summed E-state index contributed by atoms with van der Waals surface area (Å²) in [6.45, 7) is 2.88. The third-order valence-corrected chi connectivity index (χ3v) is 5.24. The number of aryl methyl sites for hydroxylation is 1. The zero-order valence-electron chi connectivity index (χ0n) is 18.9. The van der Waals surface area contributed by atoms with E-state index in [1.54, 1.807) is 19.1 Å². The summed E-state index contributed by atoms with van der Waals surface area (Å²) in [7, 11) is 0. The van der Waals surface area contributed by atoms with Crippen molar-refractivity contribution in [2.75, 3.05) is 6.54 Å². The first-order chi connectivity index (χ1) is 16.8. The van der Waals surface area contributed by atoms with E-state index in [0.717, 1.165) is 10.6 Å². The Morgan fingerprint density at radius 2 is 1.83 bits per heavy atom. The molecule has 1 N–H and O–H groups in total. The van der Waals surface area contributed by atoms with Crippen LogP contribution in [-0.2, 0) is 25.4 Å². The van der Waals surface area contributed by atoms with Crippen LogP contribution in [0.2, 0.25) is 0 Å². The van der Waals surface area contributed by atoms with Gasteiger partial charge in [0.1, 0.15) is 0 Å². The smallest absolute Gasteiger partial charge is 0.347 e. The molecule has 1 atom stereocenters. The average Bonchev–Trinajstić information content (AvgIpc) is 3.50. The van der Waals surface area contributed by atoms with Gasteiger partial charge >= 0.3 is 24.2 Å². The molecule has 3 aromatic heterocycles. The van der Waals surface area contributed by atoms with Crippen molar-refractivity contribution in [1.82, 2.24) is 34.8 Å². The molecule has 192 valence electrons. The number of benzene rings is 1. The number of nitrogens with one attached hydrogen (secondary N) is 1. The van der Waals surface area contributed by atoms with Gasteiger partial charge in [0, 0.05) is 18.8 Å². The maximum atomic E-state index is 13.5. The molecule has 0 spiro atoms. The normalized spacial score (nSPS) is 13.3. The topological polar surface area (TPSA) is 104 Å². The number of hydrogen-bond acceptors (Lipinski definition) is 6. The fraction of sp³-hybridized carbons (Fsp3) is 0.381. The van der Waals surface area contributed by atoms with E-state index in [1.807, 2.05) is 0 Å². The number of alkyl halides is 6. The minimum atomic E-state index is -4.73. The molecular weight excluding hydrogens is 496 g/mol. The van der Waals surface area contributed by atoms with Crippen molar-refractivity contribution in [2.45, 2.75) is 39.3 Å². The minimum Gasteiger partial charge on any atom is -0.347 e. The summed E-state index contributed by atoms with van der Waals surface area (Å²) in [5.74, 6) is -2.88. The van der Waals surface area contributed by atoms with Gasteiger partial charge in [-0.15, -0.1) is 0 Å². The Balaban J connectivity index is 1.41. The number of amides is 1. The molecule has 9 nitrogen and oxygen atoms in total. The van der Waals surface area contributed by atoms with Crippen LogP contribution >= 0.6 is 0 Å². The largest absolute Gasteiger partial charge is 0.449 e. The Morgan fingerprint density at radius 1 is 1.11 bits per heavy atom. The van der Waals surface area contributed by atoms with Crippen LogP contribution in [0, 0.1) is 12.8 Å². The summed E-state index contributed by atoms with van der Waals surface area (Å²) in [5.41, 5.74) is -0.353. The van der Waals surface area contributed by atoms with Crippen molar-refractivity contribution in [3.05, 3.63) is 59.3 Å². The molecule has 0 saturated carbocycles. The van der Waals surface area contributed by atoms with Crippen LogP contribution in [0.5, 0.6) is 0 Å². The van der Waals surface area contributed by atoms with E-state index in [-0.39, 0.29) is 35.9 Å². The molecule has 0 radical (unpaired) electrons. The highest BCUT2D eigenvalue weighted by Crippen LogP contribution is 2.32. The van der Waals surface area contributed by atoms with Crippen LogP contribution in [-0.4, -0.2) is 41.9 Å². The Kier molecular flexibility index (Phi) is 6.49. The van der Waals surface area contributed by atoms with E-state index in [1.165, 1.54) is 23.7 Å². The number of aromatic nitrogens is 6. The fourth-order valence-corrected chi connectivity index (χ4v) is 3.54. The van der Waals surface area contributed by atoms with E-state index < -0.39 is 42.2 Å². The molecule has 0 aliphatic heterocycles. The Hall–Kier alpha value is -3.91. The number of carbonyl (C=O) groups excluding carboxylic acids is 1. The fourth-order valence-electron chi connectivity index (χ4n) is 3.54. The molecule has 1 amide bonds. The van der Waals surface area contributed by atoms with Gasteiger partial charge in [0.25, 0.3) is 0 Å². The lowest BCUT2D eigenvalue weighted by Gasteiger charge is -2.13. The van der Waals surface area contributed by atoms with Gasteiger partial charge in [-0.05, 0) is 31.0 Å². The molecule has 4 aromatic rings. The zero-order chi connectivity index (χ0) is 26.3. The van der Waals surface area contributed by atoms with Crippen LogP contribution in [0.15, 0.2) is 34.9 Å². The van der Waals surface area contributed by atoms with Crippen molar-refractivity contribution in [3.8, 4) is 0 Å². The predicted molar refractivity (Wildman–Crippen MR) is 112 cm³/mol. The minimum absolute atomic E-state index is 0.0432. The summed E-state index contributed by atoms with van der Waals surface area (Å²) in [4.78, 5) is 19.9. The summed E-state index contributed by atoms with van der Waals surface area (Å²) in [5, 5.41) is 9.65. The van der Waals surface area contributed by atoms with Crippen LogP contribution in [0.1, 0.15) is 40.6 Å². The number of imidazole rings is 1. The lowest BCUT2D eigenvalue weighted by Crippen LogP contribution is -2.30. The predicted octanol–water partition coefficient (Wildman–Crippen LogP) is 4.08. The molecule has 0 saturated heterocycles. The van der Waals surface area contributed by atoms with Gasteiger partial charge in [-0.25, -0.2) is 4.98 Å². The first-order valence-corrected chi connectivity index (χ1v) is 10.6. The number of carbonyl (C=O) groups is 1. The van der Waals surface area contributed by atoms with Crippen molar-refractivity contribution >= 4 is 16.9 Å². The summed E-state index contributed by atoms with van der Waals surface area (Å²) in [6, 6.07) is 6.95. The van der Waals surface area contributed by atoms with E-state index in [0.29, 0.717) is 5.69 Å². The number of fused-ring (bicyclic) bond motifs is 1. The van der Waals surface area contributed by atoms with Crippen molar-refractivity contribution in [1.29, 1.82) is 0 Å². The van der Waals surface area contributed by atoms with Gasteiger partial charge in [-0.3, -0.25) is 9.48 Å². The van der Waals surface area contributed by atoms with Gasteiger partial charge < -0.3 is 14.4 Å². The van der Waals surface area contributed by atoms with Gasteiger partial charge in [0.2, 0.25) is 5.82 Å². The number of hydrogen-bond donors (Lipinski definition) is 1. The standard InChI is InChI=1S/C21H19F6N7O2/c1-11(9-34-12(2)7-15(31-34)20(22,23)24)8-28-17(35)18-30-16(32-36-18)10-33-14-6-4-3-5-13(14)29-19(33)21(25,26)27/h3-7,11H,8-10H2,1-2H3,(H,28,35)/t11-/m1/s1. The van der Waals surface area contributed by atoms with Crippen LogP contribution < -0.4 is 5.32 Å². The van der Waals surface area contributed by atoms with Gasteiger partial charge in [-0.1, -0.05) is 24.2 Å². The van der Waals surface area contributed by atoms with Gasteiger partial charge in [0.15, 0.2) is 11.5 Å². The molecule has 0 aliphatic carbocycles. The summed E-state index contributed by atoms with van der Waals surface area (Å²) in [6.07, 6.45) is -9.29. The number of nitrogens with zero attached hydrogens (tertiary/aromatic N) is 6. The van der Waals surface area contributed by atoms with E-state index in [2.05, 4.69) is 25.5 Å². The zero-order valence-corrected chi connectivity index (χ0v) is 18.9. The average molecular weight is 515 g/mol. The Morgan fingerprint density at radius 3 is 2.50 bits per heavy atom. The van der Waals surface area contributed by atoms with Crippen LogP contribution in [0.4, 0.5) is 26.3 Å². The Labute approximate surface area is 199 Å². The molecule has 15 heteroatoms. The lowest BCUT2D eigenvalue weighted by atomic mass is 10.2. The summed E-state index contributed by atoms with van der Waals surface area (Å²) < 4.78 is 85.8. The number of para-hydroxylation sites is 2. The van der Waals surface area contributed by atoms with E-state index in [4.69, 9.17) is 4.52 Å². The molecule has 4 rings (SSSR count).